The number of aryl methyl sites for hydroxylation is 3. The Labute approximate surface area is 126 Å². The molecule has 2 aromatic rings. The van der Waals surface area contributed by atoms with Gasteiger partial charge in [0.15, 0.2) is 0 Å². The first-order valence-electron chi connectivity index (χ1n) is 7.94. The Morgan fingerprint density at radius 2 is 1.90 bits per heavy atom. The van der Waals surface area contributed by atoms with Gasteiger partial charge in [0.05, 0.1) is 5.56 Å². The van der Waals surface area contributed by atoms with E-state index in [9.17, 15) is 9.90 Å². The maximum absolute atomic E-state index is 11.4. The summed E-state index contributed by atoms with van der Waals surface area (Å²) in [5.74, 6) is -0.840. The van der Waals surface area contributed by atoms with Gasteiger partial charge in [-0.25, -0.2) is 4.79 Å². The van der Waals surface area contributed by atoms with Crippen molar-refractivity contribution in [3.8, 4) is 0 Å². The van der Waals surface area contributed by atoms with Crippen molar-refractivity contribution in [1.82, 2.24) is 4.57 Å². The van der Waals surface area contributed by atoms with E-state index in [1.54, 1.807) is 0 Å². The number of benzene rings is 1. The minimum absolute atomic E-state index is 0.417. The predicted octanol–water partition coefficient (Wildman–Crippen LogP) is 4.79. The topological polar surface area (TPSA) is 42.2 Å². The average Bonchev–Trinajstić information content (AvgIpc) is 2.78. The summed E-state index contributed by atoms with van der Waals surface area (Å²) in [6.45, 7) is 7.22. The zero-order valence-corrected chi connectivity index (χ0v) is 13.3. The fourth-order valence-corrected chi connectivity index (χ4v) is 2.83. The second-order valence-corrected chi connectivity index (χ2v) is 5.79. The Bertz CT molecular complexity index is 640. The van der Waals surface area contributed by atoms with Gasteiger partial charge in [0.2, 0.25) is 0 Å². The molecule has 3 nitrogen and oxygen atoms in total. The number of rotatable bonds is 7. The third-order valence-corrected chi connectivity index (χ3v) is 4.09. The van der Waals surface area contributed by atoms with Crippen molar-refractivity contribution < 1.29 is 9.90 Å². The number of carbonyl (C=O) groups is 1. The van der Waals surface area contributed by atoms with Gasteiger partial charge in [-0.2, -0.15) is 0 Å². The smallest absolute Gasteiger partial charge is 0.336 e. The molecule has 1 N–H and O–H groups in total. The minimum atomic E-state index is -0.840. The molecule has 1 aromatic heterocycles. The second kappa shape index (κ2) is 6.79. The minimum Gasteiger partial charge on any atom is -0.478 e. The van der Waals surface area contributed by atoms with Crippen LogP contribution >= 0.6 is 0 Å². The van der Waals surface area contributed by atoms with Crippen LogP contribution in [0.4, 0.5) is 0 Å². The number of fused-ring (bicyclic) bond motifs is 1. The molecule has 0 bridgehead atoms. The van der Waals surface area contributed by atoms with Gasteiger partial charge >= 0.3 is 5.97 Å². The zero-order valence-electron chi connectivity index (χ0n) is 13.3. The highest BCUT2D eigenvalue weighted by Gasteiger charge is 2.14. The molecule has 0 atom stereocenters. The van der Waals surface area contributed by atoms with Crippen LogP contribution < -0.4 is 0 Å². The second-order valence-electron chi connectivity index (χ2n) is 5.79. The Morgan fingerprint density at radius 3 is 2.52 bits per heavy atom. The number of carboxylic acid groups (broad SMARTS) is 1. The molecule has 3 heteroatoms. The first-order chi connectivity index (χ1) is 10.1. The fraction of sp³-hybridized carbons (Fsp3) is 0.500. The van der Waals surface area contributed by atoms with Crippen LogP contribution in [0, 0.1) is 6.92 Å². The molecule has 0 aliphatic carbocycles. The van der Waals surface area contributed by atoms with E-state index < -0.39 is 5.97 Å². The summed E-state index contributed by atoms with van der Waals surface area (Å²) in [5, 5.41) is 10.6. The van der Waals surface area contributed by atoms with Gasteiger partial charge in [0.1, 0.15) is 0 Å². The maximum atomic E-state index is 11.4. The highest BCUT2D eigenvalue weighted by atomic mass is 16.4. The van der Waals surface area contributed by atoms with Crippen molar-refractivity contribution in [3.05, 3.63) is 35.0 Å². The van der Waals surface area contributed by atoms with E-state index in [2.05, 4.69) is 24.6 Å². The van der Waals surface area contributed by atoms with Gasteiger partial charge in [-0.05, 0) is 49.4 Å². The van der Waals surface area contributed by atoms with Crippen LogP contribution in [0.3, 0.4) is 0 Å². The Hall–Kier alpha value is -1.77. The van der Waals surface area contributed by atoms with Crippen LogP contribution in [0.1, 0.15) is 61.0 Å². The first-order valence-corrected chi connectivity index (χ1v) is 7.94. The maximum Gasteiger partial charge on any atom is 0.336 e. The number of aromatic carboxylic acids is 1. The summed E-state index contributed by atoms with van der Waals surface area (Å²) < 4.78 is 2.23. The van der Waals surface area contributed by atoms with E-state index in [1.165, 1.54) is 23.8 Å². The summed E-state index contributed by atoms with van der Waals surface area (Å²) in [6, 6.07) is 3.89. The number of aromatic nitrogens is 1. The molecule has 0 aliphatic rings. The molecule has 0 fully saturated rings. The zero-order chi connectivity index (χ0) is 15.4. The van der Waals surface area contributed by atoms with Crippen molar-refractivity contribution in [2.45, 2.75) is 59.4 Å². The van der Waals surface area contributed by atoms with Crippen LogP contribution in [0.25, 0.3) is 10.9 Å². The SMILES string of the molecule is CCCCc1cn(CCCC)c2cc(C(=O)O)c(C)cc12. The number of carboxylic acids is 1. The highest BCUT2D eigenvalue weighted by Crippen LogP contribution is 2.27. The molecular weight excluding hydrogens is 262 g/mol. The third-order valence-electron chi connectivity index (χ3n) is 4.09. The Kier molecular flexibility index (Phi) is 5.05. The molecule has 0 aliphatic heterocycles. The molecule has 21 heavy (non-hydrogen) atoms. The lowest BCUT2D eigenvalue weighted by molar-refractivity contribution is 0.0696. The summed E-state index contributed by atoms with van der Waals surface area (Å²) in [4.78, 5) is 11.4. The summed E-state index contributed by atoms with van der Waals surface area (Å²) in [5.41, 5.74) is 3.68. The summed E-state index contributed by atoms with van der Waals surface area (Å²) in [7, 11) is 0. The molecule has 0 radical (unpaired) electrons. The Morgan fingerprint density at radius 1 is 1.19 bits per heavy atom. The van der Waals surface area contributed by atoms with Crippen LogP contribution in [0.2, 0.25) is 0 Å². The van der Waals surface area contributed by atoms with E-state index in [0.717, 1.165) is 36.9 Å². The van der Waals surface area contributed by atoms with Crippen molar-refractivity contribution >= 4 is 16.9 Å². The molecular formula is C18H25NO2. The molecule has 1 aromatic carbocycles. The largest absolute Gasteiger partial charge is 0.478 e. The highest BCUT2D eigenvalue weighted by molar-refractivity contribution is 5.96. The van der Waals surface area contributed by atoms with Crippen molar-refractivity contribution in [3.63, 3.8) is 0 Å². The van der Waals surface area contributed by atoms with E-state index in [0.29, 0.717) is 5.56 Å². The molecule has 0 saturated carbocycles. The molecule has 1 heterocycles. The number of unbranched alkanes of at least 4 members (excludes halogenated alkanes) is 2. The van der Waals surface area contributed by atoms with Gasteiger partial charge in [-0.15, -0.1) is 0 Å². The van der Waals surface area contributed by atoms with Gasteiger partial charge < -0.3 is 9.67 Å². The van der Waals surface area contributed by atoms with E-state index >= 15 is 0 Å². The van der Waals surface area contributed by atoms with E-state index in [4.69, 9.17) is 0 Å². The van der Waals surface area contributed by atoms with Crippen molar-refractivity contribution in [2.24, 2.45) is 0 Å². The predicted molar refractivity (Wildman–Crippen MR) is 87.2 cm³/mol. The van der Waals surface area contributed by atoms with Crippen LogP contribution in [0.5, 0.6) is 0 Å². The van der Waals surface area contributed by atoms with Crippen LogP contribution in [-0.4, -0.2) is 15.6 Å². The Balaban J connectivity index is 2.54. The van der Waals surface area contributed by atoms with Crippen LogP contribution in [-0.2, 0) is 13.0 Å². The van der Waals surface area contributed by atoms with Crippen molar-refractivity contribution in [2.75, 3.05) is 0 Å². The van der Waals surface area contributed by atoms with Crippen LogP contribution in [0.15, 0.2) is 18.3 Å². The first kappa shape index (κ1) is 15.6. The molecule has 0 spiro atoms. The monoisotopic (exact) mass is 287 g/mol. The molecule has 0 unspecified atom stereocenters. The van der Waals surface area contributed by atoms with Gasteiger partial charge in [0, 0.05) is 23.6 Å². The molecule has 114 valence electrons. The fourth-order valence-electron chi connectivity index (χ4n) is 2.83. The molecule has 2 rings (SSSR count). The standard InChI is InChI=1S/C18H25NO2/c1-4-6-8-14-12-19(9-7-5-2)17-11-15(18(20)21)13(3)10-16(14)17/h10-12H,4-9H2,1-3H3,(H,20,21). The van der Waals surface area contributed by atoms with E-state index in [-0.39, 0.29) is 0 Å². The molecule has 0 amide bonds. The number of hydrogen-bond donors (Lipinski definition) is 1. The average molecular weight is 287 g/mol. The number of nitrogens with zero attached hydrogens (tertiary/aromatic N) is 1. The lowest BCUT2D eigenvalue weighted by Crippen LogP contribution is -2.01. The van der Waals surface area contributed by atoms with Gasteiger partial charge in [-0.3, -0.25) is 0 Å². The van der Waals surface area contributed by atoms with Crippen molar-refractivity contribution in [1.29, 1.82) is 0 Å². The van der Waals surface area contributed by atoms with Gasteiger partial charge in [-0.1, -0.05) is 26.7 Å². The quantitative estimate of drug-likeness (QED) is 0.795. The lowest BCUT2D eigenvalue weighted by atomic mass is 10.0. The number of hydrogen-bond acceptors (Lipinski definition) is 1. The summed E-state index contributed by atoms with van der Waals surface area (Å²) in [6.07, 6.45) is 7.90. The summed E-state index contributed by atoms with van der Waals surface area (Å²) >= 11 is 0. The van der Waals surface area contributed by atoms with Gasteiger partial charge in [0.25, 0.3) is 0 Å². The molecule has 0 saturated heterocycles. The normalized spacial score (nSPS) is 11.2. The third kappa shape index (κ3) is 3.29. The lowest BCUT2D eigenvalue weighted by Gasteiger charge is -2.06. The van der Waals surface area contributed by atoms with E-state index in [1.807, 2.05) is 19.1 Å².